The molecule has 23 heavy (non-hydrogen) atoms. The summed E-state index contributed by atoms with van der Waals surface area (Å²) in [6, 6.07) is 3.79. The molecular formula is C15H17ClF3NO3. The van der Waals surface area contributed by atoms with E-state index in [1.54, 1.807) is 0 Å². The molecule has 0 saturated heterocycles. The molecule has 1 saturated carbocycles. The van der Waals surface area contributed by atoms with Gasteiger partial charge in [0.25, 0.3) is 0 Å². The molecule has 1 aromatic rings. The molecule has 1 aromatic carbocycles. The second kappa shape index (κ2) is 5.96. The number of hydrogen-bond acceptors (Lipinski definition) is 4. The van der Waals surface area contributed by atoms with E-state index in [1.807, 2.05) is 0 Å². The third kappa shape index (κ3) is 3.46. The predicted molar refractivity (Wildman–Crippen MR) is 78.4 cm³/mol. The second-order valence-corrected chi connectivity index (χ2v) is 6.21. The lowest BCUT2D eigenvalue weighted by atomic mass is 9.69. The zero-order chi connectivity index (χ0) is 17.5. The zero-order valence-electron chi connectivity index (χ0n) is 12.6. The number of aliphatic hydroxyl groups is 1. The van der Waals surface area contributed by atoms with Gasteiger partial charge in [-0.25, -0.2) is 0 Å². The number of ether oxygens (including phenoxy) is 1. The maximum atomic E-state index is 12.7. The minimum absolute atomic E-state index is 0.215. The summed E-state index contributed by atoms with van der Waals surface area (Å²) in [6.07, 6.45) is -3.70. The van der Waals surface area contributed by atoms with Crippen molar-refractivity contribution in [2.24, 2.45) is 0 Å². The Morgan fingerprint density at radius 2 is 2.00 bits per heavy atom. The van der Waals surface area contributed by atoms with Gasteiger partial charge < -0.3 is 15.2 Å². The van der Waals surface area contributed by atoms with Crippen LogP contribution in [0.2, 0.25) is 5.02 Å². The molecule has 4 nitrogen and oxygen atoms in total. The molecule has 2 N–H and O–H groups in total. The van der Waals surface area contributed by atoms with Gasteiger partial charge in [-0.15, -0.1) is 13.2 Å². The molecule has 0 aromatic heterocycles. The fourth-order valence-electron chi connectivity index (χ4n) is 3.01. The quantitative estimate of drug-likeness (QED) is 0.878. The Bertz CT molecular complexity index is 618. The summed E-state index contributed by atoms with van der Waals surface area (Å²) in [6.45, 7) is 1.41. The Morgan fingerprint density at radius 1 is 1.35 bits per heavy atom. The Kier molecular flexibility index (Phi) is 4.67. The van der Waals surface area contributed by atoms with E-state index in [-0.39, 0.29) is 10.6 Å². The highest BCUT2D eigenvalue weighted by Crippen LogP contribution is 2.41. The smallest absolute Gasteiger partial charge is 0.404 e. The molecule has 2 rings (SSSR count). The van der Waals surface area contributed by atoms with Gasteiger partial charge in [-0.05, 0) is 50.9 Å². The predicted octanol–water partition coefficient (Wildman–Crippen LogP) is 3.16. The van der Waals surface area contributed by atoms with Crippen LogP contribution in [-0.4, -0.2) is 29.9 Å². The van der Waals surface area contributed by atoms with Gasteiger partial charge in [-0.2, -0.15) is 0 Å². The first-order valence-corrected chi connectivity index (χ1v) is 7.42. The van der Waals surface area contributed by atoms with E-state index >= 15 is 0 Å². The highest BCUT2D eigenvalue weighted by atomic mass is 35.5. The van der Waals surface area contributed by atoms with Crippen molar-refractivity contribution >= 4 is 17.4 Å². The van der Waals surface area contributed by atoms with Gasteiger partial charge >= 0.3 is 6.36 Å². The molecule has 0 heterocycles. The van der Waals surface area contributed by atoms with Gasteiger partial charge in [0, 0.05) is 0 Å². The van der Waals surface area contributed by atoms with Gasteiger partial charge in [0.15, 0.2) is 5.78 Å². The van der Waals surface area contributed by atoms with Crippen molar-refractivity contribution < 1.29 is 27.8 Å². The van der Waals surface area contributed by atoms with Crippen LogP contribution < -0.4 is 10.1 Å². The fourth-order valence-corrected chi connectivity index (χ4v) is 3.17. The van der Waals surface area contributed by atoms with Crippen LogP contribution in [0.3, 0.4) is 0 Å². The summed E-state index contributed by atoms with van der Waals surface area (Å²) >= 11 is 5.74. The number of halogens is 4. The van der Waals surface area contributed by atoms with Gasteiger partial charge in [0.05, 0.1) is 5.02 Å². The summed E-state index contributed by atoms with van der Waals surface area (Å²) < 4.78 is 41.3. The van der Waals surface area contributed by atoms with Crippen molar-refractivity contribution in [2.45, 2.75) is 43.7 Å². The molecule has 0 radical (unpaired) electrons. The highest BCUT2D eigenvalue weighted by molar-refractivity contribution is 6.32. The average molecular weight is 352 g/mol. The first-order chi connectivity index (χ1) is 10.5. The fraction of sp³-hybridized carbons (Fsp3) is 0.533. The van der Waals surface area contributed by atoms with Crippen LogP contribution in [-0.2, 0) is 10.3 Å². The average Bonchev–Trinajstić information content (AvgIpc) is 2.43. The number of nitrogens with one attached hydrogen (secondary N) is 1. The number of likely N-dealkylation sites (N-methyl/N-ethyl adjacent to an activating group) is 1. The van der Waals surface area contributed by atoms with Gasteiger partial charge in [-0.1, -0.05) is 17.7 Å². The zero-order valence-corrected chi connectivity index (χ0v) is 13.4. The summed E-state index contributed by atoms with van der Waals surface area (Å²) in [5.41, 5.74) is -2.56. The molecule has 2 atom stereocenters. The molecule has 0 bridgehead atoms. The van der Waals surface area contributed by atoms with E-state index in [2.05, 4.69) is 10.1 Å². The first-order valence-electron chi connectivity index (χ1n) is 7.04. The maximum Gasteiger partial charge on any atom is 0.573 e. The number of carbonyl (C=O) groups is 1. The highest BCUT2D eigenvalue weighted by Gasteiger charge is 2.50. The number of ketones is 1. The van der Waals surface area contributed by atoms with Crippen molar-refractivity contribution in [3.63, 3.8) is 0 Å². The summed E-state index contributed by atoms with van der Waals surface area (Å²) in [5.74, 6) is -1.07. The Morgan fingerprint density at radius 3 is 2.57 bits per heavy atom. The van der Waals surface area contributed by atoms with Crippen LogP contribution in [0.5, 0.6) is 5.75 Å². The lowest BCUT2D eigenvalue weighted by molar-refractivity contribution is -0.274. The standard InChI is InChI=1S/C15H17ClF3NO3/c1-13(22)6-3-7-14(20-2,12(13)21)9-4-5-10(16)11(8-9)23-15(17,18)19/h4-5,8,20,22H,3,6-7H2,1-2H3/t13-,14+/m0/s1. The lowest BCUT2D eigenvalue weighted by Crippen LogP contribution is -2.59. The molecule has 8 heteroatoms. The van der Waals surface area contributed by atoms with Crippen molar-refractivity contribution in [2.75, 3.05) is 7.05 Å². The number of carbonyl (C=O) groups excluding carboxylic acids is 1. The molecule has 128 valence electrons. The van der Waals surface area contributed by atoms with Crippen LogP contribution in [0.1, 0.15) is 31.7 Å². The topological polar surface area (TPSA) is 58.6 Å². The normalized spacial score (nSPS) is 28.7. The number of Topliss-reactive ketones (excluding diaryl/α,β-unsaturated/α-hetero) is 1. The molecule has 0 amide bonds. The van der Waals surface area contributed by atoms with E-state index in [0.717, 1.165) is 6.07 Å². The molecular weight excluding hydrogens is 335 g/mol. The molecule has 0 spiro atoms. The third-order valence-electron chi connectivity index (χ3n) is 4.17. The van der Waals surface area contributed by atoms with Crippen molar-refractivity contribution in [1.29, 1.82) is 0 Å². The number of hydrogen-bond donors (Lipinski definition) is 2. The minimum Gasteiger partial charge on any atom is -0.404 e. The van der Waals surface area contributed by atoms with Crippen LogP contribution in [0.15, 0.2) is 18.2 Å². The van der Waals surface area contributed by atoms with Crippen molar-refractivity contribution in [1.82, 2.24) is 5.32 Å². The number of rotatable bonds is 3. The van der Waals surface area contributed by atoms with Crippen LogP contribution >= 0.6 is 11.6 Å². The molecule has 0 unspecified atom stereocenters. The van der Waals surface area contributed by atoms with E-state index in [1.165, 1.54) is 26.1 Å². The van der Waals surface area contributed by atoms with Gasteiger partial charge in [0.1, 0.15) is 16.9 Å². The molecule has 1 fully saturated rings. The van der Waals surface area contributed by atoms with Crippen LogP contribution in [0.25, 0.3) is 0 Å². The summed E-state index contributed by atoms with van der Waals surface area (Å²) in [5, 5.41) is 12.9. The number of alkyl halides is 3. The third-order valence-corrected chi connectivity index (χ3v) is 4.48. The van der Waals surface area contributed by atoms with E-state index < -0.39 is 29.0 Å². The Hall–Kier alpha value is -1.31. The van der Waals surface area contributed by atoms with E-state index in [9.17, 15) is 23.1 Å². The Labute approximate surface area is 136 Å². The molecule has 0 aliphatic heterocycles. The molecule has 1 aliphatic rings. The summed E-state index contributed by atoms with van der Waals surface area (Å²) in [7, 11) is 1.53. The summed E-state index contributed by atoms with van der Waals surface area (Å²) in [4.78, 5) is 12.7. The SMILES string of the molecule is CN[C@@]1(c2ccc(Cl)c(OC(F)(F)F)c2)CCC[C@](C)(O)C1=O. The molecule has 1 aliphatic carbocycles. The van der Waals surface area contributed by atoms with Gasteiger partial charge in [-0.3, -0.25) is 4.79 Å². The largest absolute Gasteiger partial charge is 0.573 e. The monoisotopic (exact) mass is 351 g/mol. The lowest BCUT2D eigenvalue weighted by Gasteiger charge is -2.42. The van der Waals surface area contributed by atoms with Gasteiger partial charge in [0.2, 0.25) is 0 Å². The van der Waals surface area contributed by atoms with Crippen LogP contribution in [0, 0.1) is 0 Å². The second-order valence-electron chi connectivity index (χ2n) is 5.80. The van der Waals surface area contributed by atoms with Crippen molar-refractivity contribution in [3.8, 4) is 5.75 Å². The Balaban J connectivity index is 2.50. The van der Waals surface area contributed by atoms with Crippen LogP contribution in [0.4, 0.5) is 13.2 Å². The van der Waals surface area contributed by atoms with E-state index in [4.69, 9.17) is 11.6 Å². The minimum atomic E-state index is -4.89. The van der Waals surface area contributed by atoms with E-state index in [0.29, 0.717) is 19.3 Å². The number of benzene rings is 1. The maximum absolute atomic E-state index is 12.7. The first kappa shape index (κ1) is 18.0. The van der Waals surface area contributed by atoms with Crippen molar-refractivity contribution in [3.05, 3.63) is 28.8 Å².